The van der Waals surface area contributed by atoms with Crippen LogP contribution in [0.3, 0.4) is 0 Å². The van der Waals surface area contributed by atoms with Gasteiger partial charge in [-0.1, -0.05) is 36.4 Å². The molecule has 156 valence electrons. The molecule has 2 amide bonds. The highest BCUT2D eigenvalue weighted by atomic mass is 79.9. The molecule has 1 aromatic heterocycles. The van der Waals surface area contributed by atoms with Crippen molar-refractivity contribution in [3.63, 3.8) is 0 Å². The number of fused-ring (bicyclic) bond motifs is 1. The first-order valence-electron chi connectivity index (χ1n) is 9.55. The normalized spacial score (nSPS) is 10.6. The van der Waals surface area contributed by atoms with Gasteiger partial charge in [0.1, 0.15) is 10.6 Å². The van der Waals surface area contributed by atoms with Gasteiger partial charge in [0.05, 0.1) is 13.5 Å². The van der Waals surface area contributed by atoms with Crippen LogP contribution < -0.4 is 15.4 Å². The predicted octanol–water partition coefficient (Wildman–Crippen LogP) is 6.11. The van der Waals surface area contributed by atoms with Crippen molar-refractivity contribution in [1.82, 2.24) is 0 Å². The van der Waals surface area contributed by atoms with Gasteiger partial charge in [0.2, 0.25) is 5.91 Å². The highest BCUT2D eigenvalue weighted by Crippen LogP contribution is 2.35. The van der Waals surface area contributed by atoms with Crippen LogP contribution in [0.1, 0.15) is 15.2 Å². The van der Waals surface area contributed by atoms with Crippen molar-refractivity contribution >= 4 is 60.5 Å². The Morgan fingerprint density at radius 1 is 0.903 bits per heavy atom. The van der Waals surface area contributed by atoms with E-state index in [0.29, 0.717) is 22.0 Å². The molecule has 5 nitrogen and oxygen atoms in total. The molecule has 7 heteroatoms. The average Bonchev–Trinajstić information content (AvgIpc) is 3.12. The Bertz CT molecular complexity index is 1250. The van der Waals surface area contributed by atoms with Crippen molar-refractivity contribution in [2.45, 2.75) is 6.42 Å². The second kappa shape index (κ2) is 9.32. The van der Waals surface area contributed by atoms with Gasteiger partial charge in [-0.2, -0.15) is 0 Å². The van der Waals surface area contributed by atoms with E-state index in [1.807, 2.05) is 48.5 Å². The number of hydrogen-bond donors (Lipinski definition) is 2. The lowest BCUT2D eigenvalue weighted by atomic mass is 10.1. The van der Waals surface area contributed by atoms with E-state index >= 15 is 0 Å². The van der Waals surface area contributed by atoms with Crippen LogP contribution in [0.25, 0.3) is 10.1 Å². The van der Waals surface area contributed by atoms with Gasteiger partial charge in [-0.15, -0.1) is 11.3 Å². The lowest BCUT2D eigenvalue weighted by Crippen LogP contribution is -2.15. The fourth-order valence-corrected chi connectivity index (χ4v) is 5.10. The van der Waals surface area contributed by atoms with Crippen LogP contribution in [-0.2, 0) is 11.2 Å². The molecule has 4 aromatic rings. The third-order valence-corrected chi connectivity index (χ3v) is 6.97. The van der Waals surface area contributed by atoms with Gasteiger partial charge in [0, 0.05) is 31.5 Å². The number of ether oxygens (including phenoxy) is 1. The van der Waals surface area contributed by atoms with E-state index in [-0.39, 0.29) is 18.2 Å². The zero-order valence-electron chi connectivity index (χ0n) is 16.6. The van der Waals surface area contributed by atoms with Crippen molar-refractivity contribution in [2.75, 3.05) is 17.7 Å². The van der Waals surface area contributed by atoms with Gasteiger partial charge in [-0.05, 0) is 52.3 Å². The number of halogens is 1. The van der Waals surface area contributed by atoms with Crippen LogP contribution in [0, 0.1) is 0 Å². The average molecular weight is 495 g/mol. The van der Waals surface area contributed by atoms with E-state index in [0.717, 1.165) is 20.1 Å². The Kier molecular flexibility index (Phi) is 6.34. The Labute approximate surface area is 192 Å². The molecule has 1 heterocycles. The molecule has 0 bridgehead atoms. The van der Waals surface area contributed by atoms with E-state index in [4.69, 9.17) is 4.74 Å². The summed E-state index contributed by atoms with van der Waals surface area (Å²) < 4.78 is 7.14. The number of amides is 2. The van der Waals surface area contributed by atoms with E-state index < -0.39 is 0 Å². The van der Waals surface area contributed by atoms with Gasteiger partial charge in [0.25, 0.3) is 5.91 Å². The fraction of sp³-hybridized carbons (Fsp3) is 0.0833. The molecular formula is C24H19BrN2O3S. The van der Waals surface area contributed by atoms with Gasteiger partial charge in [-0.25, -0.2) is 0 Å². The third kappa shape index (κ3) is 4.78. The molecular weight excluding hydrogens is 476 g/mol. The SMILES string of the molecule is COc1ccccc1CC(=O)Nc1ccc(NC(=O)c2sc3ccccc3c2Br)cc1. The molecule has 0 unspecified atom stereocenters. The van der Waals surface area contributed by atoms with Gasteiger partial charge >= 0.3 is 0 Å². The largest absolute Gasteiger partial charge is 0.496 e. The summed E-state index contributed by atoms with van der Waals surface area (Å²) in [5.41, 5.74) is 2.12. The Morgan fingerprint density at radius 2 is 1.55 bits per heavy atom. The van der Waals surface area contributed by atoms with Crippen LogP contribution >= 0.6 is 27.3 Å². The minimum atomic E-state index is -0.180. The van der Waals surface area contributed by atoms with Gasteiger partial charge < -0.3 is 15.4 Å². The molecule has 0 saturated carbocycles. The molecule has 3 aromatic carbocycles. The lowest BCUT2D eigenvalue weighted by Gasteiger charge is -2.10. The maximum Gasteiger partial charge on any atom is 0.266 e. The Morgan fingerprint density at radius 3 is 2.26 bits per heavy atom. The molecule has 0 radical (unpaired) electrons. The second-order valence-electron chi connectivity index (χ2n) is 6.81. The molecule has 0 atom stereocenters. The molecule has 0 aliphatic carbocycles. The maximum absolute atomic E-state index is 12.7. The van der Waals surface area contributed by atoms with E-state index in [1.54, 1.807) is 31.4 Å². The highest BCUT2D eigenvalue weighted by Gasteiger charge is 2.16. The number of carbonyl (C=O) groups excluding carboxylic acids is 2. The van der Waals surface area contributed by atoms with Gasteiger partial charge in [0.15, 0.2) is 0 Å². The van der Waals surface area contributed by atoms with Gasteiger partial charge in [-0.3, -0.25) is 9.59 Å². The number of anilines is 2. The molecule has 0 aliphatic rings. The van der Waals surface area contributed by atoms with Crippen LogP contribution in [0.15, 0.2) is 77.3 Å². The zero-order chi connectivity index (χ0) is 21.8. The summed E-state index contributed by atoms with van der Waals surface area (Å²) in [5, 5.41) is 6.80. The standard InChI is InChI=1S/C24H19BrN2O3S/c1-30-19-8-4-2-6-15(19)14-21(28)26-16-10-12-17(13-11-16)27-24(29)23-22(25)18-7-3-5-9-20(18)31-23/h2-13H,14H2,1H3,(H,26,28)(H,27,29). The number of carbonyl (C=O) groups is 2. The van der Waals surface area contributed by atoms with E-state index in [1.165, 1.54) is 11.3 Å². The second-order valence-corrected chi connectivity index (χ2v) is 8.65. The third-order valence-electron chi connectivity index (χ3n) is 4.71. The fourth-order valence-electron chi connectivity index (χ4n) is 3.21. The van der Waals surface area contributed by atoms with Crippen LogP contribution in [-0.4, -0.2) is 18.9 Å². The monoisotopic (exact) mass is 494 g/mol. The quantitative estimate of drug-likeness (QED) is 0.340. The molecule has 0 aliphatic heterocycles. The number of thiophene rings is 1. The molecule has 0 spiro atoms. The lowest BCUT2D eigenvalue weighted by molar-refractivity contribution is -0.115. The van der Waals surface area contributed by atoms with Crippen LogP contribution in [0.2, 0.25) is 0 Å². The first-order valence-corrected chi connectivity index (χ1v) is 11.2. The van der Waals surface area contributed by atoms with Crippen LogP contribution in [0.5, 0.6) is 5.75 Å². The molecule has 0 saturated heterocycles. The topological polar surface area (TPSA) is 67.4 Å². The molecule has 31 heavy (non-hydrogen) atoms. The summed E-state index contributed by atoms with van der Waals surface area (Å²) in [6.45, 7) is 0. The van der Waals surface area contributed by atoms with Crippen LogP contribution in [0.4, 0.5) is 11.4 Å². The van der Waals surface area contributed by atoms with E-state index in [9.17, 15) is 9.59 Å². The van der Waals surface area contributed by atoms with Crippen molar-refractivity contribution in [2.24, 2.45) is 0 Å². The Hall–Kier alpha value is -3.16. The number of nitrogens with one attached hydrogen (secondary N) is 2. The first kappa shape index (κ1) is 21.1. The van der Waals surface area contributed by atoms with Crippen molar-refractivity contribution in [1.29, 1.82) is 0 Å². The maximum atomic E-state index is 12.7. The Balaban J connectivity index is 1.40. The molecule has 4 rings (SSSR count). The predicted molar refractivity (Wildman–Crippen MR) is 129 cm³/mol. The summed E-state index contributed by atoms with van der Waals surface area (Å²) in [5.74, 6) is 0.361. The minimum absolute atomic E-state index is 0.143. The number of hydrogen-bond acceptors (Lipinski definition) is 4. The zero-order valence-corrected chi connectivity index (χ0v) is 19.0. The molecule has 0 fully saturated rings. The summed E-state index contributed by atoms with van der Waals surface area (Å²) in [6, 6.07) is 22.3. The first-order chi connectivity index (χ1) is 15.0. The molecule has 2 N–H and O–H groups in total. The number of para-hydroxylation sites is 1. The number of benzene rings is 3. The smallest absolute Gasteiger partial charge is 0.266 e. The van der Waals surface area contributed by atoms with Crippen molar-refractivity contribution in [3.05, 3.63) is 87.7 Å². The summed E-state index contributed by atoms with van der Waals surface area (Å²) in [6.07, 6.45) is 0.211. The highest BCUT2D eigenvalue weighted by molar-refractivity contribution is 9.10. The summed E-state index contributed by atoms with van der Waals surface area (Å²) in [7, 11) is 1.58. The summed E-state index contributed by atoms with van der Waals surface area (Å²) in [4.78, 5) is 25.7. The number of methoxy groups -OCH3 is 1. The summed E-state index contributed by atoms with van der Waals surface area (Å²) >= 11 is 4.98. The minimum Gasteiger partial charge on any atom is -0.496 e. The van der Waals surface area contributed by atoms with Crippen molar-refractivity contribution in [3.8, 4) is 5.75 Å². The van der Waals surface area contributed by atoms with E-state index in [2.05, 4.69) is 26.6 Å². The van der Waals surface area contributed by atoms with Crippen molar-refractivity contribution < 1.29 is 14.3 Å². The number of rotatable bonds is 6.